The second kappa shape index (κ2) is 5.22. The fraction of sp³-hybridized carbons (Fsp3) is 0.500. The van der Waals surface area contributed by atoms with E-state index in [0.717, 1.165) is 42.9 Å². The van der Waals surface area contributed by atoms with Crippen LogP contribution in [0.1, 0.15) is 25.6 Å². The highest BCUT2D eigenvalue weighted by molar-refractivity contribution is 14.1. The summed E-state index contributed by atoms with van der Waals surface area (Å²) in [5.74, 6) is 1.36. The van der Waals surface area contributed by atoms with Crippen LogP contribution >= 0.6 is 34.2 Å². The standard InChI is InChI=1S/C14H16ClIN2O/c1-14(5-2-6-19-14)9-18-12-4-3-10(16)7-11(12)17-13(18)8-15/h3-4,7H,2,5-6,8-9H2,1H3. The molecule has 1 aliphatic heterocycles. The Morgan fingerprint density at radius 2 is 2.37 bits per heavy atom. The number of hydrogen-bond donors (Lipinski definition) is 0. The molecule has 0 bridgehead atoms. The van der Waals surface area contributed by atoms with Gasteiger partial charge in [0.2, 0.25) is 0 Å². The average molecular weight is 391 g/mol. The van der Waals surface area contributed by atoms with Gasteiger partial charge in [0, 0.05) is 10.2 Å². The summed E-state index contributed by atoms with van der Waals surface area (Å²) in [6.45, 7) is 3.86. The molecule has 3 nitrogen and oxygen atoms in total. The molecule has 1 fully saturated rings. The molecule has 0 spiro atoms. The third-order valence-corrected chi connectivity index (χ3v) is 4.61. The third kappa shape index (κ3) is 2.62. The minimum absolute atomic E-state index is 0.0859. The van der Waals surface area contributed by atoms with Crippen molar-refractivity contribution in [2.24, 2.45) is 0 Å². The van der Waals surface area contributed by atoms with Crippen LogP contribution in [0.15, 0.2) is 18.2 Å². The van der Waals surface area contributed by atoms with Crippen molar-refractivity contribution in [3.05, 3.63) is 27.6 Å². The van der Waals surface area contributed by atoms with E-state index >= 15 is 0 Å². The first-order valence-electron chi connectivity index (χ1n) is 6.46. The van der Waals surface area contributed by atoms with E-state index in [1.807, 2.05) is 0 Å². The van der Waals surface area contributed by atoms with Crippen molar-refractivity contribution in [2.75, 3.05) is 6.61 Å². The van der Waals surface area contributed by atoms with Crippen molar-refractivity contribution in [1.29, 1.82) is 0 Å². The molecule has 1 aromatic heterocycles. The maximum Gasteiger partial charge on any atom is 0.124 e. The van der Waals surface area contributed by atoms with Crippen molar-refractivity contribution in [3.63, 3.8) is 0 Å². The second-order valence-electron chi connectivity index (χ2n) is 5.28. The molecule has 2 heterocycles. The van der Waals surface area contributed by atoms with Gasteiger partial charge >= 0.3 is 0 Å². The molecule has 0 amide bonds. The predicted molar refractivity (Wildman–Crippen MR) is 85.6 cm³/mol. The highest BCUT2D eigenvalue weighted by Gasteiger charge is 2.31. The number of rotatable bonds is 3. The van der Waals surface area contributed by atoms with Gasteiger partial charge in [0.05, 0.1) is 29.1 Å². The molecule has 1 atom stereocenters. The van der Waals surface area contributed by atoms with Gasteiger partial charge < -0.3 is 9.30 Å². The van der Waals surface area contributed by atoms with Gasteiger partial charge in [-0.15, -0.1) is 11.6 Å². The van der Waals surface area contributed by atoms with E-state index in [2.05, 4.69) is 57.3 Å². The van der Waals surface area contributed by atoms with Crippen LogP contribution in [0.2, 0.25) is 0 Å². The molecule has 1 aromatic carbocycles. The van der Waals surface area contributed by atoms with Crippen molar-refractivity contribution < 1.29 is 4.74 Å². The molecule has 3 rings (SSSR count). The molecule has 0 aliphatic carbocycles. The van der Waals surface area contributed by atoms with Gasteiger partial charge in [0.1, 0.15) is 5.82 Å². The van der Waals surface area contributed by atoms with Crippen molar-refractivity contribution in [2.45, 2.75) is 37.8 Å². The first-order valence-corrected chi connectivity index (χ1v) is 8.07. The van der Waals surface area contributed by atoms with Gasteiger partial charge in [0.15, 0.2) is 0 Å². The van der Waals surface area contributed by atoms with Crippen molar-refractivity contribution >= 4 is 45.2 Å². The van der Waals surface area contributed by atoms with Gasteiger partial charge in [-0.05, 0) is 60.6 Å². The van der Waals surface area contributed by atoms with E-state index in [1.165, 1.54) is 3.57 Å². The van der Waals surface area contributed by atoms with E-state index in [0.29, 0.717) is 5.88 Å². The average Bonchev–Trinajstić information content (AvgIpc) is 2.94. The molecular weight excluding hydrogens is 375 g/mol. The number of nitrogens with zero attached hydrogens (tertiary/aromatic N) is 2. The summed E-state index contributed by atoms with van der Waals surface area (Å²) in [7, 11) is 0. The SMILES string of the molecule is CC1(Cn2c(CCl)nc3cc(I)ccc32)CCCO1. The van der Waals surface area contributed by atoms with Gasteiger partial charge in [0.25, 0.3) is 0 Å². The largest absolute Gasteiger partial charge is 0.373 e. The van der Waals surface area contributed by atoms with Crippen LogP contribution in [0.3, 0.4) is 0 Å². The molecular formula is C14H16ClIN2O. The van der Waals surface area contributed by atoms with Gasteiger partial charge in [-0.25, -0.2) is 4.98 Å². The zero-order valence-electron chi connectivity index (χ0n) is 10.8. The number of fused-ring (bicyclic) bond motifs is 1. The molecule has 0 N–H and O–H groups in total. The smallest absolute Gasteiger partial charge is 0.124 e. The minimum Gasteiger partial charge on any atom is -0.373 e. The maximum atomic E-state index is 6.05. The summed E-state index contributed by atoms with van der Waals surface area (Å²) in [6.07, 6.45) is 2.23. The number of imidazole rings is 1. The Labute approximate surface area is 131 Å². The first kappa shape index (κ1) is 13.6. The number of halogens is 2. The number of hydrogen-bond acceptors (Lipinski definition) is 2. The van der Waals surface area contributed by atoms with Crippen LogP contribution < -0.4 is 0 Å². The summed E-state index contributed by atoms with van der Waals surface area (Å²) in [4.78, 5) is 4.64. The zero-order chi connectivity index (χ0) is 13.5. The van der Waals surface area contributed by atoms with Gasteiger partial charge in [-0.3, -0.25) is 0 Å². The van der Waals surface area contributed by atoms with Crippen LogP contribution in [0.5, 0.6) is 0 Å². The minimum atomic E-state index is -0.0859. The monoisotopic (exact) mass is 390 g/mol. The Bertz CT molecular complexity index is 605. The Balaban J connectivity index is 2.05. The quantitative estimate of drug-likeness (QED) is 0.586. The molecule has 19 heavy (non-hydrogen) atoms. The number of ether oxygens (including phenoxy) is 1. The normalized spacial score (nSPS) is 23.3. The highest BCUT2D eigenvalue weighted by atomic mass is 127. The molecule has 102 valence electrons. The van der Waals surface area contributed by atoms with E-state index < -0.39 is 0 Å². The zero-order valence-corrected chi connectivity index (χ0v) is 13.7. The first-order chi connectivity index (χ1) is 9.11. The molecule has 1 saturated heterocycles. The Kier molecular flexibility index (Phi) is 3.75. The Morgan fingerprint density at radius 1 is 1.53 bits per heavy atom. The Morgan fingerprint density at radius 3 is 3.05 bits per heavy atom. The highest BCUT2D eigenvalue weighted by Crippen LogP contribution is 2.30. The van der Waals surface area contributed by atoms with Gasteiger partial charge in [-0.2, -0.15) is 0 Å². The summed E-state index contributed by atoms with van der Waals surface area (Å²) in [6, 6.07) is 6.33. The molecule has 0 saturated carbocycles. The van der Waals surface area contributed by atoms with Crippen LogP contribution in [0.25, 0.3) is 11.0 Å². The molecule has 1 aliphatic rings. The van der Waals surface area contributed by atoms with Crippen LogP contribution in [-0.4, -0.2) is 21.8 Å². The lowest BCUT2D eigenvalue weighted by molar-refractivity contribution is 0.00661. The topological polar surface area (TPSA) is 27.1 Å². The molecule has 2 aromatic rings. The lowest BCUT2D eigenvalue weighted by Crippen LogP contribution is -2.30. The summed E-state index contributed by atoms with van der Waals surface area (Å²) >= 11 is 8.36. The molecule has 0 radical (unpaired) electrons. The van der Waals surface area contributed by atoms with E-state index in [9.17, 15) is 0 Å². The second-order valence-corrected chi connectivity index (χ2v) is 6.80. The van der Waals surface area contributed by atoms with E-state index in [1.54, 1.807) is 0 Å². The summed E-state index contributed by atoms with van der Waals surface area (Å²) < 4.78 is 9.30. The number of benzene rings is 1. The fourth-order valence-electron chi connectivity index (χ4n) is 2.73. The van der Waals surface area contributed by atoms with Gasteiger partial charge in [-0.1, -0.05) is 0 Å². The van der Waals surface area contributed by atoms with Crippen LogP contribution in [0.4, 0.5) is 0 Å². The molecule has 5 heteroatoms. The van der Waals surface area contributed by atoms with E-state index in [4.69, 9.17) is 16.3 Å². The number of alkyl halides is 1. The van der Waals surface area contributed by atoms with Crippen molar-refractivity contribution in [1.82, 2.24) is 9.55 Å². The number of aromatic nitrogens is 2. The maximum absolute atomic E-state index is 6.05. The van der Waals surface area contributed by atoms with Crippen LogP contribution in [-0.2, 0) is 17.2 Å². The Hall–Kier alpha value is -0.330. The predicted octanol–water partition coefficient (Wildman–Crippen LogP) is 3.95. The lowest BCUT2D eigenvalue weighted by Gasteiger charge is -2.24. The molecule has 1 unspecified atom stereocenters. The van der Waals surface area contributed by atoms with Crippen LogP contribution in [0, 0.1) is 3.57 Å². The van der Waals surface area contributed by atoms with E-state index in [-0.39, 0.29) is 5.60 Å². The van der Waals surface area contributed by atoms with Crippen molar-refractivity contribution in [3.8, 4) is 0 Å². The lowest BCUT2D eigenvalue weighted by atomic mass is 10.0. The third-order valence-electron chi connectivity index (χ3n) is 3.70. The summed E-state index contributed by atoms with van der Waals surface area (Å²) in [5.41, 5.74) is 2.08. The summed E-state index contributed by atoms with van der Waals surface area (Å²) in [5, 5.41) is 0. The fourth-order valence-corrected chi connectivity index (χ4v) is 3.41.